The van der Waals surface area contributed by atoms with Crippen molar-refractivity contribution in [3.05, 3.63) is 84.2 Å². The lowest BCUT2D eigenvalue weighted by molar-refractivity contribution is -0.114. The molecule has 0 saturated heterocycles. The van der Waals surface area contributed by atoms with E-state index in [1.54, 1.807) is 24.3 Å². The lowest BCUT2D eigenvalue weighted by atomic mass is 10.2. The lowest BCUT2D eigenvalue weighted by Crippen LogP contribution is -2.11. The molecular formula is C27H27FN2O5. The molecule has 0 bridgehead atoms. The van der Waals surface area contributed by atoms with Gasteiger partial charge in [0, 0.05) is 18.7 Å². The molecule has 2 N–H and O–H groups in total. The summed E-state index contributed by atoms with van der Waals surface area (Å²) in [7, 11) is 0. The number of para-hydroxylation sites is 1. The monoisotopic (exact) mass is 478 g/mol. The maximum Gasteiger partial charge on any atom is 0.248 e. The molecule has 3 rings (SSSR count). The zero-order valence-electron chi connectivity index (χ0n) is 19.5. The van der Waals surface area contributed by atoms with E-state index in [2.05, 4.69) is 10.6 Å². The summed E-state index contributed by atoms with van der Waals surface area (Å²) in [6.45, 7) is 4.35. The molecule has 0 fully saturated rings. The second-order valence-corrected chi connectivity index (χ2v) is 7.35. The van der Waals surface area contributed by atoms with E-state index in [1.807, 2.05) is 37.3 Å². The third-order valence-corrected chi connectivity index (χ3v) is 4.59. The van der Waals surface area contributed by atoms with Crippen LogP contribution in [-0.4, -0.2) is 31.6 Å². The first-order valence-electron chi connectivity index (χ1n) is 11.1. The van der Waals surface area contributed by atoms with Crippen LogP contribution in [0.1, 0.15) is 19.4 Å². The number of carbonyl (C=O) groups excluding carboxylic acids is 2. The van der Waals surface area contributed by atoms with Crippen molar-refractivity contribution in [3.8, 4) is 17.2 Å². The van der Waals surface area contributed by atoms with Crippen LogP contribution in [0.5, 0.6) is 17.2 Å². The van der Waals surface area contributed by atoms with Crippen molar-refractivity contribution in [1.82, 2.24) is 0 Å². The average molecular weight is 479 g/mol. The van der Waals surface area contributed by atoms with Gasteiger partial charge in [-0.15, -0.1) is 0 Å². The summed E-state index contributed by atoms with van der Waals surface area (Å²) >= 11 is 0. The highest BCUT2D eigenvalue weighted by Gasteiger charge is 2.09. The first-order chi connectivity index (χ1) is 16.9. The van der Waals surface area contributed by atoms with Gasteiger partial charge < -0.3 is 24.8 Å². The van der Waals surface area contributed by atoms with Crippen LogP contribution in [-0.2, 0) is 9.59 Å². The Morgan fingerprint density at radius 3 is 2.40 bits per heavy atom. The Morgan fingerprint density at radius 1 is 0.886 bits per heavy atom. The summed E-state index contributed by atoms with van der Waals surface area (Å²) in [5.74, 6) is 0.417. The number of nitrogens with one attached hydrogen (secondary N) is 2. The zero-order valence-corrected chi connectivity index (χ0v) is 19.5. The van der Waals surface area contributed by atoms with Gasteiger partial charge in [0.2, 0.25) is 11.8 Å². The molecule has 0 atom stereocenters. The molecule has 0 aliphatic carbocycles. The van der Waals surface area contributed by atoms with Crippen LogP contribution in [0.4, 0.5) is 15.8 Å². The lowest BCUT2D eigenvalue weighted by Gasteiger charge is -2.13. The quantitative estimate of drug-likeness (QED) is 0.289. The number of rotatable bonds is 11. The fourth-order valence-electron chi connectivity index (χ4n) is 3.09. The van der Waals surface area contributed by atoms with Crippen molar-refractivity contribution in [2.24, 2.45) is 0 Å². The molecule has 182 valence electrons. The maximum atomic E-state index is 14.0. The Balaban J connectivity index is 1.60. The molecule has 0 unspecified atom stereocenters. The summed E-state index contributed by atoms with van der Waals surface area (Å²) in [5, 5.41) is 5.02. The van der Waals surface area contributed by atoms with Crippen LogP contribution in [0.25, 0.3) is 6.08 Å². The van der Waals surface area contributed by atoms with Gasteiger partial charge in [-0.1, -0.05) is 24.3 Å². The Morgan fingerprint density at radius 2 is 1.66 bits per heavy atom. The molecule has 0 aliphatic heterocycles. The standard InChI is InChI=1S/C27H27FN2O5/c1-3-33-26-17-20(9-13-25(26)35-16-15-34-22-7-5-4-6-8-22)10-14-27(32)30-24-18-21(29-19(2)31)11-12-23(24)28/h4-14,17-18H,3,15-16H2,1-2H3,(H,29,31)(H,30,32)/b14-10+. The van der Waals surface area contributed by atoms with Gasteiger partial charge in [0.1, 0.15) is 24.8 Å². The van der Waals surface area contributed by atoms with Crippen molar-refractivity contribution in [3.63, 3.8) is 0 Å². The molecule has 0 heterocycles. The van der Waals surface area contributed by atoms with Crippen molar-refractivity contribution in [2.45, 2.75) is 13.8 Å². The second kappa shape index (κ2) is 12.8. The predicted octanol–water partition coefficient (Wildman–Crippen LogP) is 5.29. The number of hydrogen-bond acceptors (Lipinski definition) is 5. The van der Waals surface area contributed by atoms with Gasteiger partial charge in [-0.05, 0) is 61.0 Å². The fraction of sp³-hybridized carbons (Fsp3) is 0.185. The van der Waals surface area contributed by atoms with Gasteiger partial charge in [-0.25, -0.2) is 4.39 Å². The Hall–Kier alpha value is -4.33. The van der Waals surface area contributed by atoms with E-state index >= 15 is 0 Å². The summed E-state index contributed by atoms with van der Waals surface area (Å²) in [6, 6.07) is 18.7. The van der Waals surface area contributed by atoms with Crippen LogP contribution >= 0.6 is 0 Å². The average Bonchev–Trinajstić information content (AvgIpc) is 2.84. The molecule has 3 aromatic carbocycles. The van der Waals surface area contributed by atoms with Gasteiger partial charge in [-0.2, -0.15) is 0 Å². The topological polar surface area (TPSA) is 85.9 Å². The number of carbonyl (C=O) groups is 2. The van der Waals surface area contributed by atoms with Crippen LogP contribution < -0.4 is 24.8 Å². The van der Waals surface area contributed by atoms with Crippen molar-refractivity contribution in [2.75, 3.05) is 30.5 Å². The van der Waals surface area contributed by atoms with Gasteiger partial charge in [0.05, 0.1) is 12.3 Å². The summed E-state index contributed by atoms with van der Waals surface area (Å²) < 4.78 is 31.1. The SMILES string of the molecule is CCOc1cc(/C=C/C(=O)Nc2cc(NC(C)=O)ccc2F)ccc1OCCOc1ccccc1. The highest BCUT2D eigenvalue weighted by molar-refractivity contribution is 6.02. The molecule has 0 aromatic heterocycles. The van der Waals surface area contributed by atoms with Gasteiger partial charge in [0.15, 0.2) is 11.5 Å². The number of amides is 2. The molecule has 0 saturated carbocycles. The number of hydrogen-bond donors (Lipinski definition) is 2. The normalized spacial score (nSPS) is 10.6. The largest absolute Gasteiger partial charge is 0.490 e. The second-order valence-electron chi connectivity index (χ2n) is 7.35. The molecule has 0 radical (unpaired) electrons. The van der Waals surface area contributed by atoms with E-state index in [-0.39, 0.29) is 11.6 Å². The Kier molecular flexibility index (Phi) is 9.24. The molecule has 2 amide bonds. The molecule has 35 heavy (non-hydrogen) atoms. The van der Waals surface area contributed by atoms with Crippen LogP contribution in [0, 0.1) is 5.82 Å². The minimum absolute atomic E-state index is 0.0395. The van der Waals surface area contributed by atoms with Gasteiger partial charge in [-0.3, -0.25) is 9.59 Å². The van der Waals surface area contributed by atoms with E-state index in [9.17, 15) is 14.0 Å². The van der Waals surface area contributed by atoms with Crippen LogP contribution in [0.15, 0.2) is 72.8 Å². The molecule has 0 aliphatic rings. The minimum atomic E-state index is -0.614. The van der Waals surface area contributed by atoms with Crippen LogP contribution in [0.2, 0.25) is 0 Å². The van der Waals surface area contributed by atoms with E-state index in [0.717, 1.165) is 5.75 Å². The first-order valence-corrected chi connectivity index (χ1v) is 11.1. The molecular weight excluding hydrogens is 451 g/mol. The number of halogens is 1. The van der Waals surface area contributed by atoms with E-state index < -0.39 is 11.7 Å². The van der Waals surface area contributed by atoms with Gasteiger partial charge >= 0.3 is 0 Å². The summed E-state index contributed by atoms with van der Waals surface area (Å²) in [5.41, 5.74) is 1.04. The van der Waals surface area contributed by atoms with Crippen LogP contribution in [0.3, 0.4) is 0 Å². The summed E-state index contributed by atoms with van der Waals surface area (Å²) in [4.78, 5) is 23.5. The zero-order chi connectivity index (χ0) is 25.0. The number of ether oxygens (including phenoxy) is 3. The Bertz CT molecular complexity index is 1180. The fourth-order valence-corrected chi connectivity index (χ4v) is 3.09. The minimum Gasteiger partial charge on any atom is -0.490 e. The Labute approximate surface area is 203 Å². The van der Waals surface area contributed by atoms with Gasteiger partial charge in [0.25, 0.3) is 0 Å². The van der Waals surface area contributed by atoms with E-state index in [4.69, 9.17) is 14.2 Å². The highest BCUT2D eigenvalue weighted by atomic mass is 19.1. The number of anilines is 2. The highest BCUT2D eigenvalue weighted by Crippen LogP contribution is 2.29. The maximum absolute atomic E-state index is 14.0. The molecule has 0 spiro atoms. The summed E-state index contributed by atoms with van der Waals surface area (Å²) in [6.07, 6.45) is 2.86. The predicted molar refractivity (Wildman–Crippen MR) is 133 cm³/mol. The van der Waals surface area contributed by atoms with Crippen molar-refractivity contribution < 1.29 is 28.2 Å². The van der Waals surface area contributed by atoms with E-state index in [1.165, 1.54) is 31.2 Å². The third-order valence-electron chi connectivity index (χ3n) is 4.59. The third kappa shape index (κ3) is 8.19. The smallest absolute Gasteiger partial charge is 0.248 e. The molecule has 8 heteroatoms. The molecule has 3 aromatic rings. The van der Waals surface area contributed by atoms with E-state index in [0.29, 0.717) is 42.6 Å². The van der Waals surface area contributed by atoms with Crippen molar-refractivity contribution in [1.29, 1.82) is 0 Å². The molecule has 7 nitrogen and oxygen atoms in total. The number of benzene rings is 3. The van der Waals surface area contributed by atoms with Crippen molar-refractivity contribution >= 4 is 29.3 Å². The first kappa shape index (κ1) is 25.3.